The molecule has 0 saturated carbocycles. The van der Waals surface area contributed by atoms with Crippen LogP contribution in [0.4, 0.5) is 10.1 Å². The Hall–Kier alpha value is -3.64. The second-order valence-electron chi connectivity index (χ2n) is 7.42. The third-order valence-corrected chi connectivity index (χ3v) is 6.13. The molecule has 4 rings (SSSR count). The van der Waals surface area contributed by atoms with Gasteiger partial charge in [-0.3, -0.25) is 19.8 Å². The summed E-state index contributed by atoms with van der Waals surface area (Å²) in [4.78, 5) is 38.1. The normalized spacial score (nSPS) is 14.7. The molecule has 0 radical (unpaired) electrons. The minimum Gasteiger partial charge on any atom is -0.488 e. The Kier molecular flexibility index (Phi) is 7.22. The zero-order chi connectivity index (χ0) is 25.1. The summed E-state index contributed by atoms with van der Waals surface area (Å²) in [6.45, 7) is 0.177. The van der Waals surface area contributed by atoms with Crippen molar-refractivity contribution in [1.29, 1.82) is 0 Å². The maximum absolute atomic E-state index is 13.4. The number of aromatic carboxylic acids is 1. The lowest BCUT2D eigenvalue weighted by atomic mass is 10.1. The van der Waals surface area contributed by atoms with Crippen molar-refractivity contribution in [2.75, 3.05) is 4.90 Å². The number of hydrogen-bond acceptors (Lipinski definition) is 5. The van der Waals surface area contributed by atoms with Crippen molar-refractivity contribution in [3.8, 4) is 5.75 Å². The lowest BCUT2D eigenvalue weighted by Crippen LogP contribution is -2.54. The van der Waals surface area contributed by atoms with Crippen molar-refractivity contribution >= 4 is 69.5 Å². The molecule has 0 bridgehead atoms. The number of thiocarbonyl (C=S) groups is 1. The molecule has 2 N–H and O–H groups in total. The summed E-state index contributed by atoms with van der Waals surface area (Å²) < 4.78 is 19.9. The quantitative estimate of drug-likeness (QED) is 0.186. The molecule has 0 spiro atoms. The second-order valence-corrected chi connectivity index (χ2v) is 8.97. The highest BCUT2D eigenvalue weighted by atomic mass is 127. The topological polar surface area (TPSA) is 95.9 Å². The van der Waals surface area contributed by atoms with Crippen molar-refractivity contribution in [2.45, 2.75) is 6.61 Å². The number of ether oxygens (including phenoxy) is 1. The van der Waals surface area contributed by atoms with Crippen LogP contribution in [-0.4, -0.2) is 28.0 Å². The molecule has 1 saturated heterocycles. The van der Waals surface area contributed by atoms with Gasteiger partial charge in [-0.25, -0.2) is 9.18 Å². The lowest BCUT2D eigenvalue weighted by Gasteiger charge is -2.29. The van der Waals surface area contributed by atoms with Crippen LogP contribution < -0.4 is 15.0 Å². The number of carbonyl (C=O) groups is 3. The molecule has 7 nitrogen and oxygen atoms in total. The van der Waals surface area contributed by atoms with Crippen molar-refractivity contribution in [2.24, 2.45) is 0 Å². The Morgan fingerprint density at radius 3 is 2.60 bits per heavy atom. The van der Waals surface area contributed by atoms with Crippen LogP contribution in [0.5, 0.6) is 5.75 Å². The predicted octanol–water partition coefficient (Wildman–Crippen LogP) is 4.54. The zero-order valence-electron chi connectivity index (χ0n) is 17.8. The van der Waals surface area contributed by atoms with Gasteiger partial charge in [0.25, 0.3) is 11.8 Å². The third kappa shape index (κ3) is 5.54. The molecule has 1 aliphatic heterocycles. The molecule has 1 heterocycles. The van der Waals surface area contributed by atoms with E-state index >= 15 is 0 Å². The molecule has 3 aromatic carbocycles. The highest BCUT2D eigenvalue weighted by Crippen LogP contribution is 2.27. The van der Waals surface area contributed by atoms with Crippen LogP contribution in [0.2, 0.25) is 0 Å². The van der Waals surface area contributed by atoms with Crippen molar-refractivity contribution in [3.63, 3.8) is 0 Å². The average molecular weight is 602 g/mol. The number of benzene rings is 3. The number of nitrogens with one attached hydrogen (secondary N) is 1. The van der Waals surface area contributed by atoms with E-state index in [9.17, 15) is 23.9 Å². The molecule has 0 aromatic heterocycles. The number of nitrogens with zero attached hydrogens (tertiary/aromatic N) is 1. The molecule has 0 unspecified atom stereocenters. The molecular formula is C25H16FIN2O5S. The molecule has 2 amide bonds. The van der Waals surface area contributed by atoms with E-state index in [0.717, 1.165) is 8.47 Å². The van der Waals surface area contributed by atoms with Gasteiger partial charge in [-0.2, -0.15) is 0 Å². The highest BCUT2D eigenvalue weighted by Gasteiger charge is 2.34. The Labute approximate surface area is 218 Å². The largest absolute Gasteiger partial charge is 0.488 e. The molecule has 3 aromatic rings. The number of amides is 2. The van der Waals surface area contributed by atoms with Crippen molar-refractivity contribution in [1.82, 2.24) is 5.32 Å². The molecule has 0 aliphatic carbocycles. The first-order chi connectivity index (χ1) is 16.7. The maximum Gasteiger partial charge on any atom is 0.335 e. The summed E-state index contributed by atoms with van der Waals surface area (Å²) in [7, 11) is 0. The number of rotatable bonds is 6. The summed E-state index contributed by atoms with van der Waals surface area (Å²) in [5.41, 5.74) is 1.28. The molecule has 35 heavy (non-hydrogen) atoms. The van der Waals surface area contributed by atoms with Gasteiger partial charge in [0.05, 0.1) is 14.8 Å². The zero-order valence-corrected chi connectivity index (χ0v) is 20.8. The summed E-state index contributed by atoms with van der Waals surface area (Å²) in [5.74, 6) is -2.28. The number of carboxylic acid groups (broad SMARTS) is 1. The highest BCUT2D eigenvalue weighted by molar-refractivity contribution is 14.1. The standard InChI is InChI=1S/C25H16FIN2O5S/c26-17-5-1-3-15(9-17)13-34-21-8-7-14(11-20(21)27)10-19-22(30)28-25(35)29(23(19)31)18-6-2-4-16(12-18)24(32)33/h1-12H,13H2,(H,32,33)(H,28,30,35). The first-order valence-electron chi connectivity index (χ1n) is 10.1. The Bertz CT molecular complexity index is 1410. The molecule has 1 fully saturated rings. The minimum atomic E-state index is -1.16. The number of halogens is 2. The van der Waals surface area contributed by atoms with Crippen LogP contribution in [0.3, 0.4) is 0 Å². The Morgan fingerprint density at radius 1 is 1.11 bits per heavy atom. The molecular weight excluding hydrogens is 586 g/mol. The van der Waals surface area contributed by atoms with Crippen molar-refractivity contribution in [3.05, 3.63) is 98.4 Å². The smallest absolute Gasteiger partial charge is 0.335 e. The van der Waals surface area contributed by atoms with Crippen LogP contribution in [0.15, 0.2) is 72.3 Å². The van der Waals surface area contributed by atoms with E-state index in [1.54, 1.807) is 30.3 Å². The first-order valence-corrected chi connectivity index (χ1v) is 11.6. The number of carbonyl (C=O) groups excluding carboxylic acids is 2. The summed E-state index contributed by atoms with van der Waals surface area (Å²) in [6, 6.07) is 16.9. The van der Waals surface area contributed by atoms with Gasteiger partial charge >= 0.3 is 5.97 Å². The van der Waals surface area contributed by atoms with Gasteiger partial charge in [-0.1, -0.05) is 24.3 Å². The van der Waals surface area contributed by atoms with Gasteiger partial charge in [0.1, 0.15) is 23.7 Å². The van der Waals surface area contributed by atoms with Crippen LogP contribution in [0.1, 0.15) is 21.5 Å². The number of anilines is 1. The van der Waals surface area contributed by atoms with Gasteiger partial charge < -0.3 is 9.84 Å². The van der Waals surface area contributed by atoms with E-state index in [1.165, 1.54) is 42.5 Å². The third-order valence-electron chi connectivity index (χ3n) is 5.00. The van der Waals surface area contributed by atoms with E-state index < -0.39 is 17.8 Å². The second kappa shape index (κ2) is 10.3. The predicted molar refractivity (Wildman–Crippen MR) is 139 cm³/mol. The average Bonchev–Trinajstić information content (AvgIpc) is 2.81. The number of carboxylic acids is 1. The lowest BCUT2D eigenvalue weighted by molar-refractivity contribution is -0.122. The fourth-order valence-electron chi connectivity index (χ4n) is 3.35. The molecule has 176 valence electrons. The van der Waals surface area contributed by atoms with E-state index in [0.29, 0.717) is 16.9 Å². The van der Waals surface area contributed by atoms with Gasteiger partial charge in [-0.15, -0.1) is 0 Å². The van der Waals surface area contributed by atoms with Gasteiger partial charge in [0, 0.05) is 0 Å². The fourth-order valence-corrected chi connectivity index (χ4v) is 4.32. The van der Waals surface area contributed by atoms with Crippen LogP contribution in [-0.2, 0) is 16.2 Å². The van der Waals surface area contributed by atoms with E-state index in [1.807, 2.05) is 0 Å². The van der Waals surface area contributed by atoms with Crippen LogP contribution in [0.25, 0.3) is 6.08 Å². The summed E-state index contributed by atoms with van der Waals surface area (Å²) in [6.07, 6.45) is 1.42. The monoisotopic (exact) mass is 602 g/mol. The molecule has 10 heteroatoms. The van der Waals surface area contributed by atoms with E-state index in [2.05, 4.69) is 27.9 Å². The Morgan fingerprint density at radius 2 is 1.89 bits per heavy atom. The minimum absolute atomic E-state index is 0.0242. The SMILES string of the molecule is O=C1NC(=S)N(c2cccc(C(=O)O)c2)C(=O)C1=Cc1ccc(OCc2cccc(F)c2)c(I)c1. The molecule has 0 atom stereocenters. The summed E-state index contributed by atoms with van der Waals surface area (Å²) >= 11 is 7.23. The van der Waals surface area contributed by atoms with Gasteiger partial charge in [0.15, 0.2) is 5.11 Å². The van der Waals surface area contributed by atoms with Crippen LogP contribution in [0, 0.1) is 9.39 Å². The van der Waals surface area contributed by atoms with Gasteiger partial charge in [-0.05, 0) is 94.5 Å². The number of hydrogen-bond donors (Lipinski definition) is 2. The van der Waals surface area contributed by atoms with Crippen molar-refractivity contribution < 1.29 is 28.6 Å². The first kappa shape index (κ1) is 24.5. The van der Waals surface area contributed by atoms with E-state index in [4.69, 9.17) is 17.0 Å². The Balaban J connectivity index is 1.58. The maximum atomic E-state index is 13.4. The van der Waals surface area contributed by atoms with Gasteiger partial charge in [0.2, 0.25) is 0 Å². The summed E-state index contributed by atoms with van der Waals surface area (Å²) in [5, 5.41) is 11.6. The molecule has 1 aliphatic rings. The fraction of sp³-hybridized carbons (Fsp3) is 0.0400. The van der Waals surface area contributed by atoms with Crippen LogP contribution >= 0.6 is 34.8 Å². The van der Waals surface area contributed by atoms with E-state index in [-0.39, 0.29) is 34.4 Å².